The Morgan fingerprint density at radius 1 is 1.65 bits per heavy atom. The van der Waals surface area contributed by atoms with Crippen molar-refractivity contribution in [2.24, 2.45) is 7.05 Å². The molecule has 0 spiro atoms. The first kappa shape index (κ1) is 12.6. The summed E-state index contributed by atoms with van der Waals surface area (Å²) in [5, 5.41) is 3.54. The highest BCUT2D eigenvalue weighted by Crippen LogP contribution is 2.18. The van der Waals surface area contributed by atoms with Gasteiger partial charge < -0.3 is 14.6 Å². The van der Waals surface area contributed by atoms with Gasteiger partial charge in [0.05, 0.1) is 6.10 Å². The predicted molar refractivity (Wildman–Crippen MR) is 68.0 cm³/mol. The fourth-order valence-corrected chi connectivity index (χ4v) is 2.52. The van der Waals surface area contributed by atoms with E-state index in [-0.39, 0.29) is 0 Å². The lowest BCUT2D eigenvalue weighted by molar-refractivity contribution is 0.0760. The van der Waals surface area contributed by atoms with E-state index in [9.17, 15) is 0 Å². The second kappa shape index (κ2) is 6.17. The molecule has 1 aromatic heterocycles. The summed E-state index contributed by atoms with van der Waals surface area (Å²) in [6.07, 6.45) is 8.78. The second-order valence-electron chi connectivity index (χ2n) is 4.71. The molecule has 1 saturated heterocycles. The summed E-state index contributed by atoms with van der Waals surface area (Å²) in [7, 11) is 2.05. The summed E-state index contributed by atoms with van der Waals surface area (Å²) in [6.45, 7) is 4.09. The maximum absolute atomic E-state index is 5.78. The van der Waals surface area contributed by atoms with Crippen LogP contribution in [0.5, 0.6) is 0 Å². The van der Waals surface area contributed by atoms with Gasteiger partial charge in [-0.05, 0) is 25.8 Å². The van der Waals surface area contributed by atoms with E-state index in [0.29, 0.717) is 12.1 Å². The van der Waals surface area contributed by atoms with Gasteiger partial charge in [-0.15, -0.1) is 0 Å². The van der Waals surface area contributed by atoms with Crippen LogP contribution in [0.2, 0.25) is 0 Å². The lowest BCUT2D eigenvalue weighted by Crippen LogP contribution is -2.40. The van der Waals surface area contributed by atoms with Crippen molar-refractivity contribution in [3.05, 3.63) is 18.2 Å². The topological polar surface area (TPSA) is 39.1 Å². The van der Waals surface area contributed by atoms with Crippen LogP contribution in [0.3, 0.4) is 0 Å². The molecule has 1 aliphatic heterocycles. The van der Waals surface area contributed by atoms with Gasteiger partial charge in [0.2, 0.25) is 0 Å². The van der Waals surface area contributed by atoms with E-state index in [1.807, 2.05) is 12.4 Å². The molecule has 1 fully saturated rings. The molecule has 0 amide bonds. The van der Waals surface area contributed by atoms with Crippen LogP contribution in [-0.2, 0) is 18.2 Å². The van der Waals surface area contributed by atoms with Crippen LogP contribution in [0.15, 0.2) is 12.4 Å². The van der Waals surface area contributed by atoms with Crippen LogP contribution in [-0.4, -0.2) is 34.8 Å². The van der Waals surface area contributed by atoms with Gasteiger partial charge in [0, 0.05) is 38.5 Å². The Morgan fingerprint density at radius 3 is 3.12 bits per heavy atom. The lowest BCUT2D eigenvalue weighted by atomic mass is 10.0. The fourth-order valence-electron chi connectivity index (χ4n) is 2.52. The molecular weight excluding hydrogens is 214 g/mol. The summed E-state index contributed by atoms with van der Waals surface area (Å²) in [5.41, 5.74) is 0. The largest absolute Gasteiger partial charge is 0.377 e. The minimum absolute atomic E-state index is 0.398. The molecule has 1 aromatic rings. The number of aromatic nitrogens is 2. The Kier molecular flexibility index (Phi) is 4.57. The molecule has 0 bridgehead atoms. The van der Waals surface area contributed by atoms with E-state index in [4.69, 9.17) is 4.74 Å². The highest BCUT2D eigenvalue weighted by atomic mass is 16.5. The first-order valence-electron chi connectivity index (χ1n) is 6.62. The first-order valence-corrected chi connectivity index (χ1v) is 6.62. The highest BCUT2D eigenvalue weighted by Gasteiger charge is 2.25. The molecule has 0 aliphatic carbocycles. The number of aryl methyl sites for hydroxylation is 2. The number of hydrogen-bond donors (Lipinski definition) is 1. The van der Waals surface area contributed by atoms with E-state index in [0.717, 1.165) is 31.8 Å². The smallest absolute Gasteiger partial charge is 0.108 e. The molecule has 1 N–H and O–H groups in total. The Hall–Kier alpha value is -0.870. The summed E-state index contributed by atoms with van der Waals surface area (Å²) in [5.74, 6) is 1.16. The van der Waals surface area contributed by atoms with Crippen LogP contribution < -0.4 is 5.32 Å². The number of hydrogen-bond acceptors (Lipinski definition) is 3. The van der Waals surface area contributed by atoms with Crippen molar-refractivity contribution in [1.82, 2.24) is 14.9 Å². The number of rotatable bonds is 6. The van der Waals surface area contributed by atoms with Crippen LogP contribution in [0.25, 0.3) is 0 Å². The van der Waals surface area contributed by atoms with E-state index in [1.54, 1.807) is 0 Å². The third-order valence-electron chi connectivity index (χ3n) is 3.48. The van der Waals surface area contributed by atoms with Gasteiger partial charge in [-0.2, -0.15) is 0 Å². The normalized spacial score (nSPS) is 21.9. The predicted octanol–water partition coefficient (Wildman–Crippen LogP) is 1.51. The molecule has 2 atom stereocenters. The van der Waals surface area contributed by atoms with Gasteiger partial charge in [-0.1, -0.05) is 6.92 Å². The molecule has 0 saturated carbocycles. The second-order valence-corrected chi connectivity index (χ2v) is 4.71. The van der Waals surface area contributed by atoms with Gasteiger partial charge in [0.25, 0.3) is 0 Å². The number of nitrogens with zero attached hydrogens (tertiary/aromatic N) is 2. The Morgan fingerprint density at radius 2 is 2.53 bits per heavy atom. The number of ether oxygens (including phenoxy) is 1. The van der Waals surface area contributed by atoms with Gasteiger partial charge >= 0.3 is 0 Å². The summed E-state index contributed by atoms with van der Waals surface area (Å²) in [6, 6.07) is 0.471. The third kappa shape index (κ3) is 3.30. The Bertz CT molecular complexity index is 331. The number of likely N-dealkylation sites (N-methyl/N-ethyl adjacent to an activating group) is 1. The van der Waals surface area contributed by atoms with Crippen molar-refractivity contribution < 1.29 is 4.74 Å². The quantitative estimate of drug-likeness (QED) is 0.815. The van der Waals surface area contributed by atoms with E-state index in [1.165, 1.54) is 12.8 Å². The van der Waals surface area contributed by atoms with Crippen molar-refractivity contribution >= 4 is 0 Å². The molecule has 1 aliphatic rings. The van der Waals surface area contributed by atoms with Crippen LogP contribution >= 0.6 is 0 Å². The average molecular weight is 237 g/mol. The van der Waals surface area contributed by atoms with Gasteiger partial charge in [-0.25, -0.2) is 4.98 Å². The summed E-state index contributed by atoms with van der Waals surface area (Å²) in [4.78, 5) is 4.37. The highest BCUT2D eigenvalue weighted by molar-refractivity contribution is 4.93. The number of nitrogens with one attached hydrogen (secondary N) is 1. The molecule has 4 nitrogen and oxygen atoms in total. The number of imidazole rings is 1. The SMILES string of the molecule is CCNC(CCc1nccn1C)C1CCCO1. The Labute approximate surface area is 103 Å². The van der Waals surface area contributed by atoms with E-state index < -0.39 is 0 Å². The maximum Gasteiger partial charge on any atom is 0.108 e. The molecule has 0 aromatic carbocycles. The van der Waals surface area contributed by atoms with E-state index in [2.05, 4.69) is 28.8 Å². The van der Waals surface area contributed by atoms with Gasteiger partial charge in [0.1, 0.15) is 5.82 Å². The molecule has 4 heteroatoms. The van der Waals surface area contributed by atoms with E-state index >= 15 is 0 Å². The summed E-state index contributed by atoms with van der Waals surface area (Å²) >= 11 is 0. The minimum atomic E-state index is 0.398. The van der Waals surface area contributed by atoms with Gasteiger partial charge in [-0.3, -0.25) is 0 Å². The van der Waals surface area contributed by atoms with Crippen molar-refractivity contribution in [3.8, 4) is 0 Å². The van der Waals surface area contributed by atoms with Crippen LogP contribution in [0.4, 0.5) is 0 Å². The molecular formula is C13H23N3O. The zero-order valence-electron chi connectivity index (χ0n) is 10.9. The van der Waals surface area contributed by atoms with Gasteiger partial charge in [0.15, 0.2) is 0 Å². The molecule has 17 heavy (non-hydrogen) atoms. The van der Waals surface area contributed by atoms with Crippen LogP contribution in [0, 0.1) is 0 Å². The zero-order chi connectivity index (χ0) is 12.1. The van der Waals surface area contributed by atoms with Crippen molar-refractivity contribution in [2.75, 3.05) is 13.2 Å². The van der Waals surface area contributed by atoms with Crippen molar-refractivity contribution in [3.63, 3.8) is 0 Å². The lowest BCUT2D eigenvalue weighted by Gasteiger charge is -2.23. The Balaban J connectivity index is 1.86. The first-order chi connectivity index (χ1) is 8.31. The van der Waals surface area contributed by atoms with Crippen molar-refractivity contribution in [1.29, 1.82) is 0 Å². The molecule has 96 valence electrons. The zero-order valence-corrected chi connectivity index (χ0v) is 10.9. The molecule has 2 unspecified atom stereocenters. The molecule has 2 heterocycles. The monoisotopic (exact) mass is 237 g/mol. The summed E-state index contributed by atoms with van der Waals surface area (Å²) < 4.78 is 7.87. The molecule has 2 rings (SSSR count). The minimum Gasteiger partial charge on any atom is -0.377 e. The van der Waals surface area contributed by atoms with Crippen LogP contribution in [0.1, 0.15) is 32.0 Å². The molecule has 0 radical (unpaired) electrons. The van der Waals surface area contributed by atoms with Crippen molar-refractivity contribution in [2.45, 2.75) is 44.8 Å². The standard InChI is InChI=1S/C13H23N3O/c1-3-14-11(12-5-4-10-17-12)6-7-13-15-8-9-16(13)2/h8-9,11-12,14H,3-7,10H2,1-2H3. The maximum atomic E-state index is 5.78. The third-order valence-corrected chi connectivity index (χ3v) is 3.48. The average Bonchev–Trinajstić information content (AvgIpc) is 2.96. The fraction of sp³-hybridized carbons (Fsp3) is 0.769.